The molecule has 0 saturated heterocycles. The number of unbranched alkanes of at least 4 members (excludes halogenated alkanes) is 27. The lowest BCUT2D eigenvalue weighted by Gasteiger charge is -2.18. The van der Waals surface area contributed by atoms with Crippen molar-refractivity contribution < 1.29 is 28.6 Å². The molecule has 0 aliphatic carbocycles. The summed E-state index contributed by atoms with van der Waals surface area (Å²) in [6.07, 6.45) is 68.9. The van der Waals surface area contributed by atoms with E-state index in [0.29, 0.717) is 19.3 Å². The summed E-state index contributed by atoms with van der Waals surface area (Å²) in [6.45, 7) is 6.41. The van der Waals surface area contributed by atoms with E-state index >= 15 is 0 Å². The fourth-order valence-corrected chi connectivity index (χ4v) is 7.78. The third-order valence-electron chi connectivity index (χ3n) is 11.9. The van der Waals surface area contributed by atoms with Gasteiger partial charge in [0.05, 0.1) is 0 Å². The van der Waals surface area contributed by atoms with Gasteiger partial charge in [0.2, 0.25) is 0 Å². The Morgan fingerprint density at radius 3 is 0.939 bits per heavy atom. The second kappa shape index (κ2) is 54.5. The molecule has 0 aromatic carbocycles. The second-order valence-corrected chi connectivity index (χ2v) is 18.4. The molecule has 0 N–H and O–H groups in total. The van der Waals surface area contributed by atoms with E-state index < -0.39 is 6.10 Å². The second-order valence-electron chi connectivity index (χ2n) is 18.4. The zero-order valence-corrected chi connectivity index (χ0v) is 43.4. The number of allylic oxidation sites excluding steroid dienone is 12. The minimum atomic E-state index is -0.785. The number of rotatable bonds is 50. The number of carbonyl (C=O) groups excluding carboxylic acids is 3. The maximum absolute atomic E-state index is 12.8. The van der Waals surface area contributed by atoms with Crippen molar-refractivity contribution in [3.05, 3.63) is 72.9 Å². The summed E-state index contributed by atoms with van der Waals surface area (Å²) in [5.74, 6) is -0.903. The molecule has 0 fully saturated rings. The number of hydrogen-bond donors (Lipinski definition) is 0. The summed E-state index contributed by atoms with van der Waals surface area (Å²) in [5.41, 5.74) is 0. The third kappa shape index (κ3) is 51.8. The van der Waals surface area contributed by atoms with E-state index in [9.17, 15) is 14.4 Å². The van der Waals surface area contributed by atoms with Crippen LogP contribution < -0.4 is 0 Å². The minimum absolute atomic E-state index is 0.0841. The molecule has 0 spiro atoms. The quantitative estimate of drug-likeness (QED) is 0.0262. The molecule has 0 aliphatic rings. The molecule has 0 saturated carbocycles. The van der Waals surface area contributed by atoms with E-state index in [4.69, 9.17) is 14.2 Å². The molecular formula is C60H104O6. The topological polar surface area (TPSA) is 78.9 Å². The van der Waals surface area contributed by atoms with E-state index in [1.54, 1.807) is 0 Å². The Hall–Kier alpha value is -3.15. The zero-order valence-electron chi connectivity index (χ0n) is 43.4. The molecule has 0 aromatic rings. The molecule has 1 unspecified atom stereocenters. The van der Waals surface area contributed by atoms with Crippen LogP contribution in [-0.4, -0.2) is 37.2 Å². The standard InChI is InChI=1S/C60H104O6/c1-4-7-10-13-16-19-22-25-27-29-30-32-33-35-38-41-44-47-50-53-59(62)65-56-57(55-64-58(61)52-49-46-43-40-37-24-21-18-15-12-9-6-3)66-60(63)54-51-48-45-42-39-36-34-31-28-26-23-20-17-14-11-8-5-2/h7,9-10,12,16,18-19,21,25-28,57H,4-6,8,11,13-15,17,20,22-24,29-56H2,1-3H3/b10-7-,12-9-,19-16-,21-18-,27-25-,28-26-. The average molecular weight is 921 g/mol. The molecule has 0 heterocycles. The van der Waals surface area contributed by atoms with Crippen molar-refractivity contribution in [3.8, 4) is 0 Å². The van der Waals surface area contributed by atoms with Crippen molar-refractivity contribution in [1.29, 1.82) is 0 Å². The van der Waals surface area contributed by atoms with Crippen LogP contribution in [0.5, 0.6) is 0 Å². The summed E-state index contributed by atoms with van der Waals surface area (Å²) in [6, 6.07) is 0. The molecule has 6 nitrogen and oxygen atoms in total. The molecule has 380 valence electrons. The lowest BCUT2D eigenvalue weighted by molar-refractivity contribution is -0.167. The first-order chi connectivity index (χ1) is 32.5. The SMILES string of the molecule is CC/C=C\C/C=C\C/C=C\CCCCCCCCCCCC(=O)OCC(COC(=O)CCCCCCC/C=C\C/C=C\CC)OC(=O)CCCCCCCCC/C=C\CCCCCCCC. The minimum Gasteiger partial charge on any atom is -0.462 e. The van der Waals surface area contributed by atoms with Crippen molar-refractivity contribution in [2.75, 3.05) is 13.2 Å². The van der Waals surface area contributed by atoms with Crippen LogP contribution in [0.2, 0.25) is 0 Å². The van der Waals surface area contributed by atoms with Gasteiger partial charge in [0.15, 0.2) is 6.10 Å². The Labute approximate surface area is 408 Å². The fourth-order valence-electron chi connectivity index (χ4n) is 7.78. The molecule has 0 radical (unpaired) electrons. The normalized spacial score (nSPS) is 12.6. The Morgan fingerprint density at radius 1 is 0.318 bits per heavy atom. The van der Waals surface area contributed by atoms with Gasteiger partial charge in [-0.15, -0.1) is 0 Å². The zero-order chi connectivity index (χ0) is 47.9. The Kier molecular flexibility index (Phi) is 51.9. The van der Waals surface area contributed by atoms with Gasteiger partial charge in [0.25, 0.3) is 0 Å². The highest BCUT2D eigenvalue weighted by molar-refractivity contribution is 5.71. The average Bonchev–Trinajstić information content (AvgIpc) is 3.31. The van der Waals surface area contributed by atoms with Gasteiger partial charge < -0.3 is 14.2 Å². The maximum Gasteiger partial charge on any atom is 0.306 e. The number of esters is 3. The van der Waals surface area contributed by atoms with Crippen LogP contribution >= 0.6 is 0 Å². The van der Waals surface area contributed by atoms with E-state index in [2.05, 4.69) is 93.7 Å². The van der Waals surface area contributed by atoms with E-state index in [0.717, 1.165) is 109 Å². The largest absolute Gasteiger partial charge is 0.462 e. The van der Waals surface area contributed by atoms with Crippen LogP contribution in [0, 0.1) is 0 Å². The van der Waals surface area contributed by atoms with Gasteiger partial charge in [-0.25, -0.2) is 0 Å². The monoisotopic (exact) mass is 921 g/mol. The smallest absolute Gasteiger partial charge is 0.306 e. The molecule has 1 atom stereocenters. The molecule has 0 aliphatic heterocycles. The van der Waals surface area contributed by atoms with Crippen LogP contribution in [0.4, 0.5) is 0 Å². The van der Waals surface area contributed by atoms with Crippen molar-refractivity contribution in [3.63, 3.8) is 0 Å². The van der Waals surface area contributed by atoms with Crippen molar-refractivity contribution in [2.45, 2.75) is 277 Å². The van der Waals surface area contributed by atoms with Crippen LogP contribution in [0.25, 0.3) is 0 Å². The first kappa shape index (κ1) is 62.8. The Balaban J connectivity index is 4.36. The third-order valence-corrected chi connectivity index (χ3v) is 11.9. The highest BCUT2D eigenvalue weighted by Gasteiger charge is 2.19. The van der Waals surface area contributed by atoms with Crippen molar-refractivity contribution >= 4 is 17.9 Å². The van der Waals surface area contributed by atoms with Crippen LogP contribution in [0.15, 0.2) is 72.9 Å². The summed E-state index contributed by atoms with van der Waals surface area (Å²) in [7, 11) is 0. The lowest BCUT2D eigenvalue weighted by Crippen LogP contribution is -2.30. The van der Waals surface area contributed by atoms with E-state index in [-0.39, 0.29) is 31.1 Å². The maximum atomic E-state index is 12.8. The summed E-state index contributed by atoms with van der Waals surface area (Å²) < 4.78 is 16.8. The number of hydrogen-bond acceptors (Lipinski definition) is 6. The predicted octanol–water partition coefficient (Wildman–Crippen LogP) is 18.6. The predicted molar refractivity (Wildman–Crippen MR) is 284 cm³/mol. The van der Waals surface area contributed by atoms with Crippen molar-refractivity contribution in [2.24, 2.45) is 0 Å². The van der Waals surface area contributed by atoms with Crippen LogP contribution in [0.1, 0.15) is 271 Å². The Bertz CT molecular complexity index is 1240. The highest BCUT2D eigenvalue weighted by atomic mass is 16.6. The molecule has 0 aromatic heterocycles. The molecular weight excluding hydrogens is 817 g/mol. The van der Waals surface area contributed by atoms with Gasteiger partial charge in [-0.3, -0.25) is 14.4 Å². The van der Waals surface area contributed by atoms with Gasteiger partial charge in [0, 0.05) is 19.3 Å². The molecule has 0 rings (SSSR count). The fraction of sp³-hybridized carbons (Fsp3) is 0.750. The molecule has 0 amide bonds. The summed E-state index contributed by atoms with van der Waals surface area (Å²) in [5, 5.41) is 0. The van der Waals surface area contributed by atoms with Gasteiger partial charge >= 0.3 is 17.9 Å². The molecule has 6 heteroatoms. The summed E-state index contributed by atoms with van der Waals surface area (Å²) in [4.78, 5) is 38.1. The number of ether oxygens (including phenoxy) is 3. The van der Waals surface area contributed by atoms with Gasteiger partial charge in [-0.1, -0.05) is 222 Å². The summed E-state index contributed by atoms with van der Waals surface area (Å²) >= 11 is 0. The first-order valence-corrected chi connectivity index (χ1v) is 27.9. The van der Waals surface area contributed by atoms with E-state index in [1.807, 2.05) is 0 Å². The molecule has 0 bridgehead atoms. The number of carbonyl (C=O) groups is 3. The lowest BCUT2D eigenvalue weighted by atomic mass is 10.1. The van der Waals surface area contributed by atoms with Crippen LogP contribution in [0.3, 0.4) is 0 Å². The van der Waals surface area contributed by atoms with Gasteiger partial charge in [-0.05, 0) is 103 Å². The van der Waals surface area contributed by atoms with Crippen molar-refractivity contribution in [1.82, 2.24) is 0 Å². The molecule has 66 heavy (non-hydrogen) atoms. The van der Waals surface area contributed by atoms with Gasteiger partial charge in [-0.2, -0.15) is 0 Å². The Morgan fingerprint density at radius 2 is 0.591 bits per heavy atom. The van der Waals surface area contributed by atoms with Crippen LogP contribution in [-0.2, 0) is 28.6 Å². The first-order valence-electron chi connectivity index (χ1n) is 27.9. The van der Waals surface area contributed by atoms with E-state index in [1.165, 1.54) is 122 Å². The van der Waals surface area contributed by atoms with Gasteiger partial charge in [0.1, 0.15) is 13.2 Å². The highest BCUT2D eigenvalue weighted by Crippen LogP contribution is 2.15.